The van der Waals surface area contributed by atoms with Gasteiger partial charge >= 0.3 is 18.0 Å². The van der Waals surface area contributed by atoms with E-state index in [4.69, 9.17) is 28.7 Å². The van der Waals surface area contributed by atoms with E-state index in [0.717, 1.165) is 42.4 Å². The molecule has 2 saturated heterocycles. The minimum atomic E-state index is -1.87. The predicted octanol–water partition coefficient (Wildman–Crippen LogP) is 5.04. The zero-order valence-corrected chi connectivity index (χ0v) is 32.7. The maximum atomic E-state index is 14.2. The first-order valence-corrected chi connectivity index (χ1v) is 20.2. The Labute approximate surface area is 326 Å². The number of aromatic nitrogens is 2. The normalized spacial score (nSPS) is 19.6. The van der Waals surface area contributed by atoms with Gasteiger partial charge < -0.3 is 38.1 Å². The van der Waals surface area contributed by atoms with Crippen LogP contribution in [0.3, 0.4) is 0 Å². The first-order chi connectivity index (χ1) is 27.2. The molecule has 4 aliphatic heterocycles. The topological polar surface area (TPSA) is 156 Å². The van der Waals surface area contributed by atoms with Crippen molar-refractivity contribution in [1.82, 2.24) is 19.4 Å². The maximum absolute atomic E-state index is 14.2. The quantitative estimate of drug-likeness (QED) is 0.125. The highest BCUT2D eigenvalue weighted by Gasteiger charge is 2.50. The van der Waals surface area contributed by atoms with Crippen LogP contribution in [0.2, 0.25) is 0 Å². The second-order valence-electron chi connectivity index (χ2n) is 15.0. The Balaban J connectivity index is 1.10. The van der Waals surface area contributed by atoms with Crippen molar-refractivity contribution in [1.29, 1.82) is 0 Å². The standard InChI is InChI=1S/C42H52N4O10/c1-4-30-31-22-29(55-41(51)45-18-14-27(15-19-45)44-16-8-7-9-17-44)11-12-35(31)43-38-32(30)24-46-36(38)23-34-33(39(46)49)26-54-40(50)42(34,5-2)56-37(48)13-10-28(47)25-53-21-20-52-6-3/h11-12,22-23,27H,4-10,13-21,24-26H2,1-3H3. The smallest absolute Gasteiger partial charge is 0.415 e. The molecule has 7 rings (SSSR count). The molecule has 1 atom stereocenters. The molecule has 0 saturated carbocycles. The molecular formula is C42H52N4O10. The number of hydrogen-bond acceptors (Lipinski definition) is 12. The Bertz CT molecular complexity index is 2050. The van der Waals surface area contributed by atoms with Gasteiger partial charge in [0.2, 0.25) is 5.60 Å². The van der Waals surface area contributed by atoms with Gasteiger partial charge in [-0.15, -0.1) is 0 Å². The molecule has 1 unspecified atom stereocenters. The number of benzene rings is 1. The summed E-state index contributed by atoms with van der Waals surface area (Å²) < 4.78 is 29.4. The molecule has 0 radical (unpaired) electrons. The van der Waals surface area contributed by atoms with Crippen LogP contribution >= 0.6 is 0 Å². The van der Waals surface area contributed by atoms with Crippen molar-refractivity contribution in [2.75, 3.05) is 52.6 Å². The minimum absolute atomic E-state index is 0.0120. The average Bonchev–Trinajstić information content (AvgIpc) is 3.59. The van der Waals surface area contributed by atoms with Crippen molar-refractivity contribution in [3.63, 3.8) is 0 Å². The third-order valence-corrected chi connectivity index (χ3v) is 11.7. The van der Waals surface area contributed by atoms with Crippen molar-refractivity contribution < 1.29 is 42.9 Å². The highest BCUT2D eigenvalue weighted by molar-refractivity contribution is 5.91. The number of piperidine rings is 2. The van der Waals surface area contributed by atoms with Crippen molar-refractivity contribution >= 4 is 34.7 Å². The molecule has 0 N–H and O–H groups in total. The Morgan fingerprint density at radius 2 is 1.70 bits per heavy atom. The van der Waals surface area contributed by atoms with Crippen LogP contribution < -0.4 is 10.3 Å². The number of rotatable bonds is 14. The van der Waals surface area contributed by atoms with Crippen molar-refractivity contribution in [3.05, 3.63) is 56.9 Å². The summed E-state index contributed by atoms with van der Waals surface area (Å²) in [4.78, 5) is 75.8. The van der Waals surface area contributed by atoms with Crippen LogP contribution in [0, 0.1) is 0 Å². The number of fused-ring (bicyclic) bond motifs is 5. The average molecular weight is 773 g/mol. The highest BCUT2D eigenvalue weighted by atomic mass is 16.6. The number of esters is 2. The number of pyridine rings is 2. The lowest BCUT2D eigenvalue weighted by Gasteiger charge is -2.39. The van der Waals surface area contributed by atoms with Crippen molar-refractivity contribution in [2.24, 2.45) is 0 Å². The molecule has 300 valence electrons. The zero-order valence-electron chi connectivity index (χ0n) is 32.7. The van der Waals surface area contributed by atoms with E-state index in [1.807, 2.05) is 26.0 Å². The lowest BCUT2D eigenvalue weighted by molar-refractivity contribution is -0.189. The van der Waals surface area contributed by atoms with E-state index < -0.39 is 17.5 Å². The first kappa shape index (κ1) is 39.6. The Morgan fingerprint density at radius 1 is 0.929 bits per heavy atom. The number of Topliss-reactive ketones (excluding diaryl/α,β-unsaturated/α-hetero) is 1. The number of cyclic esters (lactones) is 1. The first-order valence-electron chi connectivity index (χ1n) is 20.2. The van der Waals surface area contributed by atoms with E-state index in [0.29, 0.717) is 61.4 Å². The Morgan fingerprint density at radius 3 is 2.43 bits per heavy atom. The molecule has 14 heteroatoms. The molecule has 2 fully saturated rings. The van der Waals surface area contributed by atoms with E-state index in [1.165, 1.54) is 19.3 Å². The van der Waals surface area contributed by atoms with Gasteiger partial charge in [-0.05, 0) is 88.4 Å². The van der Waals surface area contributed by atoms with Gasteiger partial charge in [0.1, 0.15) is 19.0 Å². The van der Waals surface area contributed by atoms with Gasteiger partial charge in [0.05, 0.1) is 48.6 Å². The summed E-state index contributed by atoms with van der Waals surface area (Å²) >= 11 is 0. The van der Waals surface area contributed by atoms with Gasteiger partial charge in [0.15, 0.2) is 5.78 Å². The zero-order chi connectivity index (χ0) is 39.4. The highest BCUT2D eigenvalue weighted by Crippen LogP contribution is 2.42. The second-order valence-corrected chi connectivity index (χ2v) is 15.0. The van der Waals surface area contributed by atoms with Crippen LogP contribution in [0.4, 0.5) is 4.79 Å². The minimum Gasteiger partial charge on any atom is -0.457 e. The fraction of sp³-hybridized carbons (Fsp3) is 0.571. The van der Waals surface area contributed by atoms with Crippen LogP contribution in [0.5, 0.6) is 5.75 Å². The third kappa shape index (κ3) is 7.83. The summed E-state index contributed by atoms with van der Waals surface area (Å²) in [7, 11) is 0. The summed E-state index contributed by atoms with van der Waals surface area (Å²) in [6, 6.07) is 7.65. The van der Waals surface area contributed by atoms with E-state index in [2.05, 4.69) is 4.90 Å². The molecule has 0 spiro atoms. The van der Waals surface area contributed by atoms with E-state index >= 15 is 0 Å². The number of nitrogens with zero attached hydrogens (tertiary/aromatic N) is 4. The number of hydrogen-bond donors (Lipinski definition) is 0. The SMILES string of the molecule is CCOCCOCC(=O)CCC(=O)OC1(CC)C(=O)OCc2c1cc1n(c2=O)Cc2c-1nc1ccc(OC(=O)N3CCC(N4CCCCC4)CC3)cc1c2CC. The fourth-order valence-electron chi connectivity index (χ4n) is 8.64. The van der Waals surface area contributed by atoms with Gasteiger partial charge in [-0.1, -0.05) is 20.3 Å². The molecule has 1 aromatic carbocycles. The molecule has 56 heavy (non-hydrogen) atoms. The molecule has 14 nitrogen and oxygen atoms in total. The number of aryl methyl sites for hydroxylation is 1. The van der Waals surface area contributed by atoms with Crippen molar-refractivity contribution in [2.45, 2.75) is 103 Å². The van der Waals surface area contributed by atoms with E-state index in [9.17, 15) is 24.0 Å². The molecule has 2 aromatic heterocycles. The summed E-state index contributed by atoms with van der Waals surface area (Å²) in [6.45, 7) is 10.2. The summed E-state index contributed by atoms with van der Waals surface area (Å²) in [5.74, 6) is -1.40. The van der Waals surface area contributed by atoms with Crippen LogP contribution in [0.25, 0.3) is 22.3 Å². The number of ketones is 1. The number of carbonyl (C=O) groups is 4. The Kier molecular flexibility index (Phi) is 12.2. The molecule has 3 aromatic rings. The molecular weight excluding hydrogens is 720 g/mol. The maximum Gasteiger partial charge on any atom is 0.415 e. The molecule has 0 aliphatic carbocycles. The van der Waals surface area contributed by atoms with Crippen LogP contribution in [-0.2, 0) is 58.5 Å². The molecule has 1 amide bonds. The van der Waals surface area contributed by atoms with Gasteiger partial charge in [-0.25, -0.2) is 14.6 Å². The van der Waals surface area contributed by atoms with Gasteiger partial charge in [0.25, 0.3) is 5.56 Å². The number of ether oxygens (including phenoxy) is 5. The van der Waals surface area contributed by atoms with Gasteiger partial charge in [0, 0.05) is 48.7 Å². The summed E-state index contributed by atoms with van der Waals surface area (Å²) in [6.07, 6.45) is 5.56. The van der Waals surface area contributed by atoms with E-state index in [1.54, 1.807) is 28.5 Å². The largest absolute Gasteiger partial charge is 0.457 e. The number of likely N-dealkylation sites (tertiary alicyclic amines) is 2. The van der Waals surface area contributed by atoms with Crippen LogP contribution in [-0.4, -0.2) is 102 Å². The summed E-state index contributed by atoms with van der Waals surface area (Å²) in [5, 5.41) is 0.829. The number of carbonyl (C=O) groups excluding carboxylic acids is 4. The number of amides is 1. The lowest BCUT2D eigenvalue weighted by atomic mass is 9.85. The van der Waals surface area contributed by atoms with Gasteiger partial charge in [-0.2, -0.15) is 0 Å². The second kappa shape index (κ2) is 17.2. The monoisotopic (exact) mass is 772 g/mol. The molecule has 0 bridgehead atoms. The lowest BCUT2D eigenvalue weighted by Crippen LogP contribution is -2.48. The predicted molar refractivity (Wildman–Crippen MR) is 205 cm³/mol. The van der Waals surface area contributed by atoms with Gasteiger partial charge in [-0.3, -0.25) is 14.4 Å². The molecule has 6 heterocycles. The van der Waals surface area contributed by atoms with E-state index in [-0.39, 0.29) is 74.2 Å². The molecule has 4 aliphatic rings. The fourth-order valence-corrected chi connectivity index (χ4v) is 8.64. The summed E-state index contributed by atoms with van der Waals surface area (Å²) in [5.41, 5.74) is 1.86. The Hall–Kier alpha value is -4.66. The van der Waals surface area contributed by atoms with Crippen LogP contribution in [0.15, 0.2) is 29.1 Å². The van der Waals surface area contributed by atoms with Crippen LogP contribution in [0.1, 0.15) is 94.4 Å². The van der Waals surface area contributed by atoms with Crippen molar-refractivity contribution in [3.8, 4) is 17.1 Å². The third-order valence-electron chi connectivity index (χ3n) is 11.7.